The molecule has 4 aromatic rings. The molecule has 0 spiro atoms. The average molecular weight is 701 g/mol. The summed E-state index contributed by atoms with van der Waals surface area (Å²) < 4.78 is 49.5. The molecule has 1 saturated heterocycles. The first kappa shape index (κ1) is 31.9. The van der Waals surface area contributed by atoms with Gasteiger partial charge in [-0.1, -0.05) is 15.9 Å². The maximum Gasteiger partial charge on any atom is 0.417 e. The zero-order valence-electron chi connectivity index (χ0n) is 25.6. The third kappa shape index (κ3) is 6.32. The van der Waals surface area contributed by atoms with E-state index in [1.807, 2.05) is 19.9 Å². The van der Waals surface area contributed by atoms with Crippen LogP contribution in [-0.2, 0) is 19.1 Å². The molecule has 0 aliphatic carbocycles. The highest BCUT2D eigenvalue weighted by Crippen LogP contribution is 2.36. The standard InChI is InChI=1S/C32H33BrF3N7O3/c1-19-14-21(3)43(39-19)31-38-27-18-41(29(44)22-6-8-26(33)25(16-22)32(34,35)36)20(2)15-24(27)30(45)42(31)23-7-9-28(37-17-23)46-13-12-40-10-4-5-11-40/h6-9,14,16-17,20H,4-5,10-13,15,18H2,1-3H3/t20-/m1/s1. The molecule has 0 radical (unpaired) electrons. The minimum absolute atomic E-state index is 0.0584. The Morgan fingerprint density at radius 2 is 1.87 bits per heavy atom. The van der Waals surface area contributed by atoms with Crippen LogP contribution in [0.3, 0.4) is 0 Å². The van der Waals surface area contributed by atoms with E-state index in [9.17, 15) is 22.8 Å². The average Bonchev–Trinajstić information content (AvgIpc) is 3.65. The van der Waals surface area contributed by atoms with Crippen molar-refractivity contribution < 1.29 is 22.7 Å². The number of rotatable bonds is 7. The number of likely N-dealkylation sites (tertiary alicyclic amines) is 1. The number of fused-ring (bicyclic) bond motifs is 1. The lowest BCUT2D eigenvalue weighted by atomic mass is 9.98. The van der Waals surface area contributed by atoms with Crippen molar-refractivity contribution in [2.45, 2.75) is 58.8 Å². The van der Waals surface area contributed by atoms with Crippen LogP contribution in [0.1, 0.15) is 58.3 Å². The lowest BCUT2D eigenvalue weighted by molar-refractivity contribution is -0.138. The van der Waals surface area contributed by atoms with Gasteiger partial charge in [-0.05, 0) is 83.5 Å². The summed E-state index contributed by atoms with van der Waals surface area (Å²) in [4.78, 5) is 40.9. The second-order valence-corrected chi connectivity index (χ2v) is 12.6. The number of hydrogen-bond acceptors (Lipinski definition) is 7. The molecule has 14 heteroatoms. The summed E-state index contributed by atoms with van der Waals surface area (Å²) in [5.41, 5.74) is 1.32. The van der Waals surface area contributed by atoms with Crippen molar-refractivity contribution in [3.8, 4) is 17.5 Å². The molecule has 46 heavy (non-hydrogen) atoms. The smallest absolute Gasteiger partial charge is 0.417 e. The van der Waals surface area contributed by atoms with Crippen molar-refractivity contribution in [3.05, 3.63) is 91.2 Å². The lowest BCUT2D eigenvalue weighted by Gasteiger charge is -2.34. The van der Waals surface area contributed by atoms with Gasteiger partial charge in [-0.3, -0.25) is 14.5 Å². The van der Waals surface area contributed by atoms with Crippen LogP contribution in [0.5, 0.6) is 5.88 Å². The molecule has 5 heterocycles. The number of pyridine rings is 1. The van der Waals surface area contributed by atoms with E-state index >= 15 is 0 Å². The number of aromatic nitrogens is 5. The maximum absolute atomic E-state index is 14.2. The SMILES string of the molecule is Cc1cc(C)n(-c2nc3c(c(=O)n2-c2ccc(OCCN4CCCC4)nc2)C[C@@H](C)N(C(=O)c2ccc(Br)c(C(F)(F)F)c2)C3)n1. The normalized spacial score (nSPS) is 16.9. The van der Waals surface area contributed by atoms with Crippen LogP contribution >= 0.6 is 15.9 Å². The van der Waals surface area contributed by atoms with E-state index in [1.165, 1.54) is 34.4 Å². The number of benzene rings is 1. The maximum atomic E-state index is 14.2. The van der Waals surface area contributed by atoms with Gasteiger partial charge in [0.05, 0.1) is 35.4 Å². The summed E-state index contributed by atoms with van der Waals surface area (Å²) in [5, 5.41) is 4.56. The summed E-state index contributed by atoms with van der Waals surface area (Å²) in [6, 6.07) is 8.25. The highest BCUT2D eigenvalue weighted by molar-refractivity contribution is 9.10. The van der Waals surface area contributed by atoms with Crippen molar-refractivity contribution in [2.75, 3.05) is 26.2 Å². The molecule has 2 aliphatic heterocycles. The monoisotopic (exact) mass is 699 g/mol. The number of amides is 1. The molecule has 1 aromatic carbocycles. The first-order valence-corrected chi connectivity index (χ1v) is 15.9. The van der Waals surface area contributed by atoms with E-state index in [1.54, 1.807) is 29.9 Å². The van der Waals surface area contributed by atoms with Crippen LogP contribution in [0.2, 0.25) is 0 Å². The Morgan fingerprint density at radius 3 is 2.52 bits per heavy atom. The van der Waals surface area contributed by atoms with Gasteiger partial charge in [0.2, 0.25) is 11.8 Å². The highest BCUT2D eigenvalue weighted by Gasteiger charge is 2.36. The number of carbonyl (C=O) groups is 1. The molecule has 3 aromatic heterocycles. The largest absolute Gasteiger partial charge is 0.476 e. The number of aryl methyl sites for hydroxylation is 2. The molecule has 6 rings (SSSR count). The van der Waals surface area contributed by atoms with Crippen molar-refractivity contribution in [2.24, 2.45) is 0 Å². The molecule has 2 aliphatic rings. The molecule has 1 atom stereocenters. The van der Waals surface area contributed by atoms with Gasteiger partial charge in [-0.2, -0.15) is 18.3 Å². The van der Waals surface area contributed by atoms with Crippen molar-refractivity contribution >= 4 is 21.8 Å². The third-order valence-corrected chi connectivity index (χ3v) is 9.10. The Morgan fingerprint density at radius 1 is 1.11 bits per heavy atom. The summed E-state index contributed by atoms with van der Waals surface area (Å²) in [7, 11) is 0. The third-order valence-electron chi connectivity index (χ3n) is 8.41. The van der Waals surface area contributed by atoms with Gasteiger partial charge in [-0.25, -0.2) is 19.2 Å². The van der Waals surface area contributed by atoms with E-state index in [2.05, 4.69) is 30.9 Å². The minimum atomic E-state index is -4.64. The molecule has 242 valence electrons. The fraction of sp³-hybridized carbons (Fsp3) is 0.406. The van der Waals surface area contributed by atoms with E-state index in [4.69, 9.17) is 9.72 Å². The molecule has 10 nitrogen and oxygen atoms in total. The fourth-order valence-corrected chi connectivity index (χ4v) is 6.51. The van der Waals surface area contributed by atoms with Gasteiger partial charge >= 0.3 is 6.18 Å². The number of halogens is 4. The van der Waals surface area contributed by atoms with Crippen LogP contribution in [0.25, 0.3) is 11.6 Å². The van der Waals surface area contributed by atoms with Crippen molar-refractivity contribution in [3.63, 3.8) is 0 Å². The van der Waals surface area contributed by atoms with Gasteiger partial charge < -0.3 is 9.64 Å². The number of alkyl halides is 3. The number of hydrogen-bond donors (Lipinski definition) is 0. The molecule has 0 N–H and O–H groups in total. The van der Waals surface area contributed by atoms with Crippen LogP contribution in [0, 0.1) is 13.8 Å². The van der Waals surface area contributed by atoms with Crippen LogP contribution < -0.4 is 10.3 Å². The zero-order valence-corrected chi connectivity index (χ0v) is 27.2. The Balaban J connectivity index is 1.34. The van der Waals surface area contributed by atoms with E-state index in [0.717, 1.165) is 37.1 Å². The summed E-state index contributed by atoms with van der Waals surface area (Å²) in [6.45, 7) is 8.86. The molecular weight excluding hydrogens is 667 g/mol. The number of ether oxygens (including phenoxy) is 1. The van der Waals surface area contributed by atoms with E-state index in [0.29, 0.717) is 29.4 Å². The summed E-state index contributed by atoms with van der Waals surface area (Å²) in [5.74, 6) is 0.0714. The predicted molar refractivity (Wildman–Crippen MR) is 168 cm³/mol. The van der Waals surface area contributed by atoms with Crippen molar-refractivity contribution in [1.29, 1.82) is 0 Å². The van der Waals surface area contributed by atoms with Crippen molar-refractivity contribution in [1.82, 2.24) is 34.1 Å². The quantitative estimate of drug-likeness (QED) is 0.259. The number of carbonyl (C=O) groups excluding carboxylic acids is 1. The molecular formula is C32H33BrF3N7O3. The zero-order chi connectivity index (χ0) is 32.7. The van der Waals surface area contributed by atoms with E-state index in [-0.39, 0.29) is 34.5 Å². The van der Waals surface area contributed by atoms with Crippen LogP contribution in [0.15, 0.2) is 51.9 Å². The van der Waals surface area contributed by atoms with E-state index < -0.39 is 23.7 Å². The van der Waals surface area contributed by atoms with Gasteiger partial charge in [0.25, 0.3) is 11.5 Å². The fourth-order valence-electron chi connectivity index (χ4n) is 6.04. The summed E-state index contributed by atoms with van der Waals surface area (Å²) in [6.07, 6.45) is -0.504. The predicted octanol–water partition coefficient (Wildman–Crippen LogP) is 5.27. The molecule has 1 amide bonds. The van der Waals surface area contributed by atoms with Gasteiger partial charge in [0.15, 0.2) is 0 Å². The molecule has 0 saturated carbocycles. The Hall–Kier alpha value is -4.04. The lowest BCUT2D eigenvalue weighted by Crippen LogP contribution is -2.46. The minimum Gasteiger partial charge on any atom is -0.476 e. The van der Waals surface area contributed by atoms with Gasteiger partial charge in [0.1, 0.15) is 6.61 Å². The van der Waals surface area contributed by atoms with Crippen LogP contribution in [-0.4, -0.2) is 72.3 Å². The Kier molecular flexibility index (Phi) is 8.77. The first-order chi connectivity index (χ1) is 21.9. The van der Waals surface area contributed by atoms with Gasteiger partial charge in [-0.15, -0.1) is 0 Å². The second-order valence-electron chi connectivity index (χ2n) is 11.7. The molecule has 0 unspecified atom stereocenters. The highest BCUT2D eigenvalue weighted by atomic mass is 79.9. The Bertz CT molecular complexity index is 1830. The molecule has 1 fully saturated rings. The number of nitrogens with zero attached hydrogens (tertiary/aromatic N) is 7. The second kappa shape index (κ2) is 12.6. The summed E-state index contributed by atoms with van der Waals surface area (Å²) >= 11 is 2.93. The Labute approximate surface area is 271 Å². The first-order valence-electron chi connectivity index (χ1n) is 15.1. The topological polar surface area (TPSA) is 98.4 Å². The molecule has 0 bridgehead atoms. The van der Waals surface area contributed by atoms with Crippen LogP contribution in [0.4, 0.5) is 13.2 Å². The van der Waals surface area contributed by atoms with Gasteiger partial charge in [0, 0.05) is 39.9 Å².